The Morgan fingerprint density at radius 3 is 2.39 bits per heavy atom. The van der Waals surface area contributed by atoms with Crippen molar-refractivity contribution in [3.05, 3.63) is 48.6 Å². The number of carbonyl (C=O) groups is 3. The fraction of sp³-hybridized carbons (Fsp3) is 0.594. The molecule has 1 aromatic rings. The number of ether oxygens (including phenoxy) is 2. The summed E-state index contributed by atoms with van der Waals surface area (Å²) in [5, 5.41) is 9.29. The summed E-state index contributed by atoms with van der Waals surface area (Å²) in [5.74, 6) is -2.63. The van der Waals surface area contributed by atoms with Gasteiger partial charge in [0, 0.05) is 44.2 Å². The zero-order chi connectivity index (χ0) is 29.2. The minimum Gasteiger partial charge on any atom is -0.465 e. The lowest BCUT2D eigenvalue weighted by atomic mass is 9.73. The third kappa shape index (κ3) is 4.87. The number of carbonyl (C=O) groups excluding carboxylic acids is 3. The Hall–Kier alpha value is -3.17. The fourth-order valence-corrected chi connectivity index (χ4v) is 7.20. The third-order valence-corrected chi connectivity index (χ3v) is 9.25. The summed E-state index contributed by atoms with van der Waals surface area (Å²) in [6.07, 6.45) is 10.7. The van der Waals surface area contributed by atoms with Crippen LogP contribution in [-0.2, 0) is 23.9 Å². The number of fused-ring (bicyclic) bond motifs is 2. The van der Waals surface area contributed by atoms with Crippen LogP contribution in [0.15, 0.2) is 48.6 Å². The highest BCUT2D eigenvalue weighted by atomic mass is 16.6. The molecule has 1 aromatic carbocycles. The van der Waals surface area contributed by atoms with E-state index in [1.54, 1.807) is 9.80 Å². The maximum absolute atomic E-state index is 14.6. The van der Waals surface area contributed by atoms with Crippen LogP contribution in [0.25, 0.3) is 0 Å². The van der Waals surface area contributed by atoms with Gasteiger partial charge in [-0.2, -0.15) is 0 Å². The predicted molar refractivity (Wildman–Crippen MR) is 156 cm³/mol. The number of cyclic esters (lactones) is 1. The van der Waals surface area contributed by atoms with Crippen LogP contribution >= 0.6 is 0 Å². The van der Waals surface area contributed by atoms with Crippen molar-refractivity contribution in [2.75, 3.05) is 49.2 Å². The van der Waals surface area contributed by atoms with Crippen molar-refractivity contribution in [3.63, 3.8) is 0 Å². The molecule has 2 amide bonds. The summed E-state index contributed by atoms with van der Waals surface area (Å²) in [7, 11) is 0. The van der Waals surface area contributed by atoms with E-state index < -0.39 is 35.0 Å². The number of aliphatic hydroxyl groups excluding tert-OH is 1. The maximum atomic E-state index is 14.6. The molecule has 0 saturated carbocycles. The van der Waals surface area contributed by atoms with E-state index in [0.29, 0.717) is 38.8 Å². The smallest absolute Gasteiger partial charge is 0.313 e. The van der Waals surface area contributed by atoms with Gasteiger partial charge in [0.2, 0.25) is 5.91 Å². The monoisotopic (exact) mass is 565 g/mol. The predicted octanol–water partition coefficient (Wildman–Crippen LogP) is 3.46. The van der Waals surface area contributed by atoms with Crippen molar-refractivity contribution in [1.29, 1.82) is 0 Å². The molecule has 2 fully saturated rings. The van der Waals surface area contributed by atoms with Crippen LogP contribution in [0.4, 0.5) is 11.4 Å². The van der Waals surface area contributed by atoms with E-state index in [4.69, 9.17) is 9.47 Å². The number of hydrogen-bond donors (Lipinski definition) is 1. The van der Waals surface area contributed by atoms with E-state index in [2.05, 4.69) is 18.7 Å². The second-order valence-electron chi connectivity index (χ2n) is 11.3. The van der Waals surface area contributed by atoms with Crippen LogP contribution < -0.4 is 9.80 Å². The highest BCUT2D eigenvalue weighted by molar-refractivity contribution is 6.05. The number of hydrogen-bond acceptors (Lipinski definition) is 7. The van der Waals surface area contributed by atoms with Gasteiger partial charge in [-0.25, -0.2) is 0 Å². The van der Waals surface area contributed by atoms with Crippen LogP contribution in [0.2, 0.25) is 0 Å². The SMILES string of the molecule is CCN(CC)c1ccc(N2CC=C[C@]34O[C@]5(CC)C=CCCOC(=O)[C@@H]5[C@H]3C(=O)N(CCCCCO)C4C2=O)cc1. The summed E-state index contributed by atoms with van der Waals surface area (Å²) in [6.45, 7) is 8.93. The quantitative estimate of drug-likeness (QED) is 0.264. The molecule has 5 atom stereocenters. The van der Waals surface area contributed by atoms with E-state index in [1.165, 1.54) is 0 Å². The average molecular weight is 566 g/mol. The Morgan fingerprint density at radius 1 is 0.951 bits per heavy atom. The first kappa shape index (κ1) is 29.3. The molecular formula is C32H43N3O6. The Bertz CT molecular complexity index is 1190. The molecule has 2 saturated heterocycles. The van der Waals surface area contributed by atoms with E-state index in [1.807, 2.05) is 55.5 Å². The minimum atomic E-state index is -1.30. The van der Waals surface area contributed by atoms with Crippen LogP contribution in [0.3, 0.4) is 0 Å². The number of nitrogens with zero attached hydrogens (tertiary/aromatic N) is 3. The molecule has 222 valence electrons. The Balaban J connectivity index is 1.56. The lowest BCUT2D eigenvalue weighted by molar-refractivity contribution is -0.160. The zero-order valence-corrected chi connectivity index (χ0v) is 24.5. The molecule has 4 aliphatic heterocycles. The molecule has 0 bridgehead atoms. The maximum Gasteiger partial charge on any atom is 0.313 e. The molecule has 1 N–H and O–H groups in total. The largest absolute Gasteiger partial charge is 0.465 e. The second-order valence-corrected chi connectivity index (χ2v) is 11.3. The Morgan fingerprint density at radius 2 is 1.71 bits per heavy atom. The summed E-state index contributed by atoms with van der Waals surface area (Å²) in [6, 6.07) is 7.03. The molecule has 1 spiro atoms. The van der Waals surface area contributed by atoms with Crippen molar-refractivity contribution in [2.24, 2.45) is 11.8 Å². The average Bonchev–Trinajstić information content (AvgIpc) is 3.32. The van der Waals surface area contributed by atoms with Gasteiger partial charge < -0.3 is 29.3 Å². The summed E-state index contributed by atoms with van der Waals surface area (Å²) < 4.78 is 12.5. The van der Waals surface area contributed by atoms with Gasteiger partial charge in [-0.3, -0.25) is 14.4 Å². The Kier molecular flexibility index (Phi) is 8.57. The first-order chi connectivity index (χ1) is 19.9. The van der Waals surface area contributed by atoms with E-state index in [9.17, 15) is 19.5 Å². The van der Waals surface area contributed by atoms with Gasteiger partial charge in [0.05, 0.1) is 12.5 Å². The molecule has 41 heavy (non-hydrogen) atoms. The van der Waals surface area contributed by atoms with Gasteiger partial charge in [0.1, 0.15) is 23.2 Å². The highest BCUT2D eigenvalue weighted by Crippen LogP contribution is 2.58. The van der Waals surface area contributed by atoms with Crippen LogP contribution in [0, 0.1) is 11.8 Å². The summed E-state index contributed by atoms with van der Waals surface area (Å²) >= 11 is 0. The number of amides is 2. The zero-order valence-electron chi connectivity index (χ0n) is 24.5. The third-order valence-electron chi connectivity index (χ3n) is 9.25. The lowest BCUT2D eigenvalue weighted by Gasteiger charge is -2.38. The van der Waals surface area contributed by atoms with E-state index in [-0.39, 0.29) is 25.0 Å². The second kappa shape index (κ2) is 12.0. The van der Waals surface area contributed by atoms with Gasteiger partial charge >= 0.3 is 5.97 Å². The van der Waals surface area contributed by atoms with Crippen molar-refractivity contribution < 1.29 is 29.0 Å². The van der Waals surface area contributed by atoms with Gasteiger partial charge in [0.15, 0.2) is 0 Å². The Labute approximate surface area is 242 Å². The standard InChI is InChI=1S/C32H43N3O6/c1-4-31-17-8-11-22-40-30(39)26(31)25-28(37)35(19-9-7-10-21-36)27-29(38)34(20-12-18-32(25,27)41-31)24-15-13-23(14-16-24)33(5-2)6-3/h8,12-18,25-27,36H,4-7,9-11,19-22H2,1-3H3/t25-,26-,27?,31+,32-/m0/s1. The van der Waals surface area contributed by atoms with Gasteiger partial charge in [-0.1, -0.05) is 31.2 Å². The number of rotatable bonds is 10. The molecule has 9 heteroatoms. The highest BCUT2D eigenvalue weighted by Gasteiger charge is 2.75. The first-order valence-corrected chi connectivity index (χ1v) is 15.2. The molecule has 0 radical (unpaired) electrons. The number of unbranched alkanes of at least 4 members (excludes halogenated alkanes) is 2. The minimum absolute atomic E-state index is 0.0747. The fourth-order valence-electron chi connectivity index (χ4n) is 7.20. The molecule has 5 rings (SSSR count). The van der Waals surface area contributed by atoms with Crippen molar-refractivity contribution in [1.82, 2.24) is 4.90 Å². The van der Waals surface area contributed by atoms with Crippen molar-refractivity contribution in [2.45, 2.75) is 70.1 Å². The molecular weight excluding hydrogens is 522 g/mol. The van der Waals surface area contributed by atoms with Gasteiger partial charge in [-0.05, 0) is 70.2 Å². The lowest BCUT2D eigenvalue weighted by Crippen LogP contribution is -2.56. The summed E-state index contributed by atoms with van der Waals surface area (Å²) in [5.41, 5.74) is -0.503. The first-order valence-electron chi connectivity index (χ1n) is 15.2. The van der Waals surface area contributed by atoms with Crippen LogP contribution in [0.1, 0.15) is 52.9 Å². The number of anilines is 2. The number of aliphatic hydroxyl groups is 1. The van der Waals surface area contributed by atoms with Crippen LogP contribution in [-0.4, -0.2) is 84.4 Å². The molecule has 0 aromatic heterocycles. The normalized spacial score (nSPS) is 30.8. The van der Waals surface area contributed by atoms with E-state index in [0.717, 1.165) is 30.9 Å². The van der Waals surface area contributed by atoms with Crippen molar-refractivity contribution >= 4 is 29.2 Å². The molecule has 4 aliphatic rings. The van der Waals surface area contributed by atoms with Crippen LogP contribution in [0.5, 0.6) is 0 Å². The summed E-state index contributed by atoms with van der Waals surface area (Å²) in [4.78, 5) is 48.0. The van der Waals surface area contributed by atoms with E-state index >= 15 is 0 Å². The molecule has 1 unspecified atom stereocenters. The molecule has 0 aliphatic carbocycles. The van der Waals surface area contributed by atoms with Crippen molar-refractivity contribution in [3.8, 4) is 0 Å². The number of esters is 1. The molecule has 4 heterocycles. The van der Waals surface area contributed by atoms with Gasteiger partial charge in [-0.15, -0.1) is 0 Å². The number of benzene rings is 1. The van der Waals surface area contributed by atoms with Gasteiger partial charge in [0.25, 0.3) is 5.91 Å². The molecule has 9 nitrogen and oxygen atoms in total. The topological polar surface area (TPSA) is 99.6 Å². The number of likely N-dealkylation sites (tertiary alicyclic amines) is 1.